The Morgan fingerprint density at radius 3 is 2.82 bits per heavy atom. The zero-order valence-electron chi connectivity index (χ0n) is 9.11. The van der Waals surface area contributed by atoms with Crippen LogP contribution in [-0.2, 0) is 11.3 Å². The molecule has 2 rings (SSSR count). The molecule has 0 radical (unpaired) electrons. The fourth-order valence-corrected chi connectivity index (χ4v) is 1.85. The van der Waals surface area contributed by atoms with E-state index in [-0.39, 0.29) is 22.9 Å². The lowest BCUT2D eigenvalue weighted by Gasteiger charge is -2.12. The number of aryl methyl sites for hydroxylation is 1. The van der Waals surface area contributed by atoms with Crippen molar-refractivity contribution in [1.82, 2.24) is 4.57 Å². The minimum atomic E-state index is -1.08. The van der Waals surface area contributed by atoms with E-state index in [2.05, 4.69) is 0 Å². The van der Waals surface area contributed by atoms with Gasteiger partial charge in [0.1, 0.15) is 12.4 Å². The molecule has 17 heavy (non-hydrogen) atoms. The number of aromatic nitrogens is 1. The lowest BCUT2D eigenvalue weighted by Crippen LogP contribution is -2.17. The number of carboxylic acid groups (broad SMARTS) is 1. The van der Waals surface area contributed by atoms with Gasteiger partial charge in [-0.1, -0.05) is 6.07 Å². The Morgan fingerprint density at radius 1 is 1.47 bits per heavy atom. The molecule has 0 amide bonds. The zero-order valence-corrected chi connectivity index (χ0v) is 9.11. The second-order valence-electron chi connectivity index (χ2n) is 3.77. The van der Waals surface area contributed by atoms with Crippen molar-refractivity contribution in [3.05, 3.63) is 46.0 Å². The van der Waals surface area contributed by atoms with Crippen LogP contribution in [0.25, 0.3) is 10.9 Å². The van der Waals surface area contributed by atoms with Crippen molar-refractivity contribution in [3.8, 4) is 0 Å². The maximum Gasteiger partial charge on any atom is 0.323 e. The van der Waals surface area contributed by atoms with Crippen LogP contribution in [0.15, 0.2) is 29.1 Å². The standard InChI is InChI=1S/C12H10FNO3/c1-7-5-10(15)8-3-2-4-9(13)12(8)14(7)6-11(16)17/h2-5H,6H2,1H3,(H,16,17). The molecule has 1 N–H and O–H groups in total. The van der Waals surface area contributed by atoms with Gasteiger partial charge in [-0.3, -0.25) is 9.59 Å². The van der Waals surface area contributed by atoms with E-state index in [1.54, 1.807) is 6.92 Å². The lowest BCUT2D eigenvalue weighted by molar-refractivity contribution is -0.137. The van der Waals surface area contributed by atoms with Crippen LogP contribution in [0.1, 0.15) is 5.69 Å². The molecule has 0 bridgehead atoms. The van der Waals surface area contributed by atoms with Gasteiger partial charge in [0, 0.05) is 17.1 Å². The van der Waals surface area contributed by atoms with Crippen molar-refractivity contribution in [2.45, 2.75) is 13.5 Å². The normalized spacial score (nSPS) is 10.7. The van der Waals surface area contributed by atoms with Gasteiger partial charge in [0.2, 0.25) is 0 Å². The summed E-state index contributed by atoms with van der Waals surface area (Å²) >= 11 is 0. The van der Waals surface area contributed by atoms with Gasteiger partial charge in [0.25, 0.3) is 0 Å². The summed E-state index contributed by atoms with van der Waals surface area (Å²) in [5.74, 6) is -1.68. The van der Waals surface area contributed by atoms with Crippen molar-refractivity contribution in [2.75, 3.05) is 0 Å². The van der Waals surface area contributed by atoms with Crippen molar-refractivity contribution in [1.29, 1.82) is 0 Å². The van der Waals surface area contributed by atoms with Gasteiger partial charge < -0.3 is 9.67 Å². The molecule has 0 aliphatic rings. The van der Waals surface area contributed by atoms with Crippen molar-refractivity contribution in [2.24, 2.45) is 0 Å². The smallest absolute Gasteiger partial charge is 0.323 e. The molecule has 0 fully saturated rings. The summed E-state index contributed by atoms with van der Waals surface area (Å²) in [6.45, 7) is 1.21. The molecule has 0 aliphatic heterocycles. The van der Waals surface area contributed by atoms with Gasteiger partial charge >= 0.3 is 5.97 Å². The fraction of sp³-hybridized carbons (Fsp3) is 0.167. The average molecular weight is 235 g/mol. The van der Waals surface area contributed by atoms with Gasteiger partial charge in [-0.2, -0.15) is 0 Å². The third kappa shape index (κ3) is 1.91. The zero-order chi connectivity index (χ0) is 12.6. The Kier molecular flexibility index (Phi) is 2.67. The number of fused-ring (bicyclic) bond motifs is 1. The van der Waals surface area contributed by atoms with E-state index >= 15 is 0 Å². The Bertz CT molecular complexity index is 661. The Balaban J connectivity index is 2.90. The number of carbonyl (C=O) groups is 1. The van der Waals surface area contributed by atoms with Gasteiger partial charge in [-0.25, -0.2) is 4.39 Å². The summed E-state index contributed by atoms with van der Waals surface area (Å²) in [6, 6.07) is 5.43. The van der Waals surface area contributed by atoms with E-state index in [1.807, 2.05) is 0 Å². The largest absolute Gasteiger partial charge is 0.480 e. The van der Waals surface area contributed by atoms with Crippen LogP contribution in [0, 0.1) is 12.7 Å². The molecule has 5 heteroatoms. The van der Waals surface area contributed by atoms with Crippen LogP contribution in [0.4, 0.5) is 4.39 Å². The number of pyridine rings is 1. The number of rotatable bonds is 2. The summed E-state index contributed by atoms with van der Waals surface area (Å²) in [5, 5.41) is 8.98. The molecule has 0 saturated heterocycles. The minimum absolute atomic E-state index is 0.0416. The summed E-state index contributed by atoms with van der Waals surface area (Å²) in [4.78, 5) is 22.4. The van der Waals surface area contributed by atoms with Crippen LogP contribution in [0.3, 0.4) is 0 Å². The predicted molar refractivity (Wildman–Crippen MR) is 60.5 cm³/mol. The third-order valence-electron chi connectivity index (χ3n) is 2.58. The molecule has 4 nitrogen and oxygen atoms in total. The van der Waals surface area contributed by atoms with Crippen LogP contribution in [0.5, 0.6) is 0 Å². The highest BCUT2D eigenvalue weighted by atomic mass is 19.1. The first-order chi connectivity index (χ1) is 8.00. The van der Waals surface area contributed by atoms with E-state index in [0.717, 1.165) is 0 Å². The average Bonchev–Trinajstić information content (AvgIpc) is 2.24. The first kappa shape index (κ1) is 11.3. The summed E-state index contributed by atoms with van der Waals surface area (Å²) in [6.07, 6.45) is 0. The molecular weight excluding hydrogens is 225 g/mol. The summed E-state index contributed by atoms with van der Waals surface area (Å²) in [5.41, 5.74) is 0.161. The van der Waals surface area contributed by atoms with Crippen molar-refractivity contribution >= 4 is 16.9 Å². The Hall–Kier alpha value is -2.17. The van der Waals surface area contributed by atoms with Crippen molar-refractivity contribution < 1.29 is 14.3 Å². The second kappa shape index (κ2) is 4.01. The fourth-order valence-electron chi connectivity index (χ4n) is 1.85. The number of carboxylic acids is 1. The summed E-state index contributed by atoms with van der Waals surface area (Å²) in [7, 11) is 0. The molecule has 2 aromatic rings. The third-order valence-corrected chi connectivity index (χ3v) is 2.58. The minimum Gasteiger partial charge on any atom is -0.480 e. The number of para-hydroxylation sites is 1. The highest BCUT2D eigenvalue weighted by Crippen LogP contribution is 2.16. The monoisotopic (exact) mass is 235 g/mol. The lowest BCUT2D eigenvalue weighted by atomic mass is 10.1. The first-order valence-corrected chi connectivity index (χ1v) is 5.01. The molecule has 0 atom stereocenters. The number of nitrogens with zero attached hydrogens (tertiary/aromatic N) is 1. The van der Waals surface area contributed by atoms with Crippen LogP contribution in [0.2, 0.25) is 0 Å². The van der Waals surface area contributed by atoms with Gasteiger partial charge in [-0.05, 0) is 19.1 Å². The number of benzene rings is 1. The van der Waals surface area contributed by atoms with Crippen LogP contribution >= 0.6 is 0 Å². The Labute approximate surface area is 95.9 Å². The predicted octanol–water partition coefficient (Wildman–Crippen LogP) is 1.53. The van der Waals surface area contributed by atoms with Gasteiger partial charge in [0.15, 0.2) is 5.43 Å². The molecule has 0 aliphatic carbocycles. The highest BCUT2D eigenvalue weighted by Gasteiger charge is 2.12. The van der Waals surface area contributed by atoms with E-state index < -0.39 is 11.8 Å². The molecule has 0 spiro atoms. The number of aliphatic carboxylic acids is 1. The maximum absolute atomic E-state index is 13.7. The van der Waals surface area contributed by atoms with Gasteiger partial charge in [0.05, 0.1) is 5.52 Å². The van der Waals surface area contributed by atoms with E-state index in [4.69, 9.17) is 5.11 Å². The molecule has 1 aromatic carbocycles. The quantitative estimate of drug-likeness (QED) is 0.858. The molecule has 1 heterocycles. The molecular formula is C12H10FNO3. The molecule has 1 aromatic heterocycles. The topological polar surface area (TPSA) is 59.3 Å². The molecule has 0 saturated carbocycles. The SMILES string of the molecule is Cc1cc(=O)c2cccc(F)c2n1CC(=O)O. The van der Waals surface area contributed by atoms with E-state index in [9.17, 15) is 14.0 Å². The summed E-state index contributed by atoms with van der Waals surface area (Å²) < 4.78 is 15.0. The van der Waals surface area contributed by atoms with Crippen molar-refractivity contribution in [3.63, 3.8) is 0 Å². The second-order valence-corrected chi connectivity index (χ2v) is 3.77. The maximum atomic E-state index is 13.7. The number of halogens is 1. The number of hydrogen-bond acceptors (Lipinski definition) is 2. The molecule has 0 unspecified atom stereocenters. The molecule has 88 valence electrons. The highest BCUT2D eigenvalue weighted by molar-refractivity contribution is 5.81. The van der Waals surface area contributed by atoms with E-state index in [1.165, 1.54) is 28.8 Å². The van der Waals surface area contributed by atoms with E-state index in [0.29, 0.717) is 5.69 Å². The van der Waals surface area contributed by atoms with Crippen LogP contribution < -0.4 is 5.43 Å². The first-order valence-electron chi connectivity index (χ1n) is 5.01. The van der Waals surface area contributed by atoms with Crippen LogP contribution in [-0.4, -0.2) is 15.6 Å². The number of hydrogen-bond donors (Lipinski definition) is 1. The Morgan fingerprint density at radius 2 is 2.18 bits per heavy atom. The van der Waals surface area contributed by atoms with Gasteiger partial charge in [-0.15, -0.1) is 0 Å².